The molecule has 2 aromatic carbocycles. The molecule has 7 heteroatoms. The molecule has 0 bridgehead atoms. The zero-order chi connectivity index (χ0) is 18.6. The minimum atomic E-state index is -1.12. The van der Waals surface area contributed by atoms with Crippen LogP contribution in [0.25, 0.3) is 11.1 Å². The van der Waals surface area contributed by atoms with Gasteiger partial charge < -0.3 is 15.9 Å². The number of nitrogens with zero attached hydrogens (tertiary/aromatic N) is 1. The van der Waals surface area contributed by atoms with Gasteiger partial charge in [0.2, 0.25) is 0 Å². The Bertz CT molecular complexity index is 874. The van der Waals surface area contributed by atoms with Gasteiger partial charge in [-0.1, -0.05) is 17.7 Å². The van der Waals surface area contributed by atoms with Crippen LogP contribution in [-0.4, -0.2) is 28.7 Å². The molecule has 0 saturated carbocycles. The first kappa shape index (κ1) is 18.5. The summed E-state index contributed by atoms with van der Waals surface area (Å²) in [6.45, 7) is 0.133. The highest BCUT2D eigenvalue weighted by molar-refractivity contribution is 6.33. The third-order valence-electron chi connectivity index (χ3n) is 3.84. The van der Waals surface area contributed by atoms with Crippen molar-refractivity contribution < 1.29 is 19.8 Å². The smallest absolute Gasteiger partial charge is 0.335 e. The maximum Gasteiger partial charge on any atom is 0.335 e. The second-order valence-electron chi connectivity index (χ2n) is 5.45. The number of carboxylic acid groups (broad SMARTS) is 2. The van der Waals surface area contributed by atoms with Crippen molar-refractivity contribution in [2.75, 3.05) is 6.54 Å². The fourth-order valence-corrected chi connectivity index (χ4v) is 2.77. The quantitative estimate of drug-likeness (QED) is 0.728. The van der Waals surface area contributed by atoms with Crippen molar-refractivity contribution in [2.45, 2.75) is 12.3 Å². The fraction of sp³-hybridized carbons (Fsp3) is 0.167. The van der Waals surface area contributed by atoms with Crippen LogP contribution in [0.1, 0.15) is 33.8 Å². The summed E-state index contributed by atoms with van der Waals surface area (Å²) in [5.74, 6) is -2.51. The van der Waals surface area contributed by atoms with E-state index in [4.69, 9.17) is 22.4 Å². The van der Waals surface area contributed by atoms with E-state index < -0.39 is 17.9 Å². The summed E-state index contributed by atoms with van der Waals surface area (Å²) in [6.07, 6.45) is -0.141. The Balaban J connectivity index is 2.61. The molecule has 0 fully saturated rings. The summed E-state index contributed by atoms with van der Waals surface area (Å²) >= 11 is 6.24. The maximum absolute atomic E-state index is 11.2. The molecule has 2 aromatic rings. The molecule has 6 nitrogen and oxygen atoms in total. The van der Waals surface area contributed by atoms with Crippen LogP contribution >= 0.6 is 11.6 Å². The minimum absolute atomic E-state index is 0.0244. The van der Waals surface area contributed by atoms with Crippen molar-refractivity contribution in [3.05, 3.63) is 58.1 Å². The Kier molecular flexibility index (Phi) is 5.75. The monoisotopic (exact) mass is 358 g/mol. The second kappa shape index (κ2) is 7.79. The summed E-state index contributed by atoms with van der Waals surface area (Å²) in [6, 6.07) is 11.1. The van der Waals surface area contributed by atoms with Crippen LogP contribution in [0.2, 0.25) is 5.02 Å². The second-order valence-corrected chi connectivity index (χ2v) is 5.85. The van der Waals surface area contributed by atoms with Gasteiger partial charge in [0.25, 0.3) is 0 Å². The molecular formula is C18H15ClN2O4. The van der Waals surface area contributed by atoms with Gasteiger partial charge in [-0.3, -0.25) is 4.79 Å². The Morgan fingerprint density at radius 3 is 2.44 bits per heavy atom. The number of aliphatic carboxylic acids is 1. The van der Waals surface area contributed by atoms with E-state index in [2.05, 4.69) is 0 Å². The molecule has 0 aliphatic rings. The molecule has 0 aliphatic carbocycles. The van der Waals surface area contributed by atoms with E-state index in [1.165, 1.54) is 18.2 Å². The SMILES string of the molecule is N#Cc1ccc(C(=O)O)cc1-c1cc([C@H](CN)CC(=O)O)ccc1Cl. The lowest BCUT2D eigenvalue weighted by atomic mass is 9.91. The number of rotatable bonds is 6. The molecule has 1 atom stereocenters. The summed E-state index contributed by atoms with van der Waals surface area (Å²) in [7, 11) is 0. The van der Waals surface area contributed by atoms with Crippen molar-refractivity contribution in [2.24, 2.45) is 5.73 Å². The van der Waals surface area contributed by atoms with Crippen LogP contribution in [0.5, 0.6) is 0 Å². The minimum Gasteiger partial charge on any atom is -0.481 e. The molecule has 4 N–H and O–H groups in total. The van der Waals surface area contributed by atoms with Crippen molar-refractivity contribution in [1.29, 1.82) is 5.26 Å². The van der Waals surface area contributed by atoms with Crippen LogP contribution in [-0.2, 0) is 4.79 Å². The summed E-state index contributed by atoms with van der Waals surface area (Å²) < 4.78 is 0. The molecular weight excluding hydrogens is 344 g/mol. The molecule has 2 rings (SSSR count). The van der Waals surface area contributed by atoms with Crippen molar-refractivity contribution >= 4 is 23.5 Å². The van der Waals surface area contributed by atoms with Gasteiger partial charge in [0.15, 0.2) is 0 Å². The van der Waals surface area contributed by atoms with Gasteiger partial charge in [-0.15, -0.1) is 0 Å². The third kappa shape index (κ3) is 4.15. The Morgan fingerprint density at radius 1 is 1.16 bits per heavy atom. The van der Waals surface area contributed by atoms with E-state index >= 15 is 0 Å². The number of hydrogen-bond donors (Lipinski definition) is 3. The molecule has 0 aliphatic heterocycles. The lowest BCUT2D eigenvalue weighted by molar-refractivity contribution is -0.137. The van der Waals surface area contributed by atoms with Crippen LogP contribution in [0, 0.1) is 11.3 Å². The highest BCUT2D eigenvalue weighted by atomic mass is 35.5. The van der Waals surface area contributed by atoms with E-state index in [0.29, 0.717) is 21.7 Å². The van der Waals surface area contributed by atoms with Crippen molar-refractivity contribution in [3.63, 3.8) is 0 Å². The zero-order valence-electron chi connectivity index (χ0n) is 13.1. The Hall–Kier alpha value is -2.88. The first-order valence-corrected chi connectivity index (χ1v) is 7.74. The molecule has 0 saturated heterocycles. The van der Waals surface area contributed by atoms with E-state index in [1.54, 1.807) is 18.2 Å². The number of carbonyl (C=O) groups is 2. The van der Waals surface area contributed by atoms with Crippen LogP contribution in [0.4, 0.5) is 0 Å². The molecule has 25 heavy (non-hydrogen) atoms. The standard InChI is InChI=1S/C18H15ClN2O4/c19-16-4-3-10(13(9-21)7-17(22)23)5-15(16)14-6-11(18(24)25)1-2-12(14)8-20/h1-6,13H,7,9,21H2,(H,22,23)(H,24,25)/t13-/m0/s1. The fourth-order valence-electron chi connectivity index (χ4n) is 2.55. The number of benzene rings is 2. The van der Waals surface area contributed by atoms with Gasteiger partial charge in [-0.2, -0.15) is 5.26 Å². The predicted molar refractivity (Wildman–Crippen MR) is 92.6 cm³/mol. The van der Waals surface area contributed by atoms with Crippen LogP contribution < -0.4 is 5.73 Å². The average Bonchev–Trinajstić information content (AvgIpc) is 2.59. The van der Waals surface area contributed by atoms with E-state index in [1.807, 2.05) is 6.07 Å². The summed E-state index contributed by atoms with van der Waals surface area (Å²) in [4.78, 5) is 22.2. The molecule has 0 aromatic heterocycles. The largest absolute Gasteiger partial charge is 0.481 e. The lowest BCUT2D eigenvalue weighted by Crippen LogP contribution is -2.16. The van der Waals surface area contributed by atoms with Gasteiger partial charge in [0.1, 0.15) is 0 Å². The van der Waals surface area contributed by atoms with Crippen LogP contribution in [0.15, 0.2) is 36.4 Å². The number of hydrogen-bond acceptors (Lipinski definition) is 4. The van der Waals surface area contributed by atoms with E-state index in [0.717, 1.165) is 0 Å². The predicted octanol–water partition coefficient (Wildman–Crippen LogP) is 3.09. The molecule has 0 unspecified atom stereocenters. The number of aromatic carboxylic acids is 1. The Labute approximate surface area is 149 Å². The van der Waals surface area contributed by atoms with Crippen molar-refractivity contribution in [3.8, 4) is 17.2 Å². The van der Waals surface area contributed by atoms with Gasteiger partial charge in [-0.05, 0) is 42.4 Å². The number of nitrogens with two attached hydrogens (primary N) is 1. The molecule has 0 amide bonds. The molecule has 0 spiro atoms. The van der Waals surface area contributed by atoms with Gasteiger partial charge in [0, 0.05) is 22.1 Å². The van der Waals surface area contributed by atoms with E-state index in [9.17, 15) is 20.0 Å². The number of carboxylic acids is 2. The highest BCUT2D eigenvalue weighted by Gasteiger charge is 2.18. The van der Waals surface area contributed by atoms with Gasteiger partial charge in [-0.25, -0.2) is 4.79 Å². The topological polar surface area (TPSA) is 124 Å². The molecule has 0 heterocycles. The highest BCUT2D eigenvalue weighted by Crippen LogP contribution is 2.34. The van der Waals surface area contributed by atoms with Gasteiger partial charge >= 0.3 is 11.9 Å². The normalized spacial score (nSPS) is 11.6. The van der Waals surface area contributed by atoms with Crippen LogP contribution in [0.3, 0.4) is 0 Å². The number of nitriles is 1. The first-order chi connectivity index (χ1) is 11.9. The number of halogens is 1. The molecule has 128 valence electrons. The van der Waals surface area contributed by atoms with Crippen molar-refractivity contribution in [1.82, 2.24) is 0 Å². The zero-order valence-corrected chi connectivity index (χ0v) is 13.8. The average molecular weight is 359 g/mol. The first-order valence-electron chi connectivity index (χ1n) is 7.36. The van der Waals surface area contributed by atoms with Gasteiger partial charge in [0.05, 0.1) is 23.6 Å². The van der Waals surface area contributed by atoms with E-state index in [-0.39, 0.29) is 24.1 Å². The summed E-state index contributed by atoms with van der Waals surface area (Å²) in [5, 5.41) is 27.8. The Morgan fingerprint density at radius 2 is 1.88 bits per heavy atom. The maximum atomic E-state index is 11.2. The summed E-state index contributed by atoms with van der Waals surface area (Å²) in [5.41, 5.74) is 7.46. The lowest BCUT2D eigenvalue weighted by Gasteiger charge is -2.16. The third-order valence-corrected chi connectivity index (χ3v) is 4.17. The molecule has 0 radical (unpaired) electrons.